The Morgan fingerprint density at radius 2 is 2.15 bits per heavy atom. The van der Waals surface area contributed by atoms with Crippen molar-refractivity contribution in [2.24, 2.45) is 0 Å². The monoisotopic (exact) mass is 292 g/mol. The minimum Gasteiger partial charge on any atom is -0.467 e. The van der Waals surface area contributed by atoms with E-state index in [4.69, 9.17) is 16.0 Å². The Morgan fingerprint density at radius 1 is 1.35 bits per heavy atom. The SMILES string of the molecule is CCN(Cc1ccco1)c1ccc(C(C)NC)c(Cl)c1. The molecule has 0 aliphatic rings. The highest BCUT2D eigenvalue weighted by molar-refractivity contribution is 6.31. The van der Waals surface area contributed by atoms with E-state index < -0.39 is 0 Å². The van der Waals surface area contributed by atoms with Gasteiger partial charge in [0.25, 0.3) is 0 Å². The van der Waals surface area contributed by atoms with Crippen molar-refractivity contribution in [3.63, 3.8) is 0 Å². The molecule has 1 atom stereocenters. The van der Waals surface area contributed by atoms with E-state index in [0.29, 0.717) is 0 Å². The first-order valence-electron chi connectivity index (χ1n) is 6.89. The topological polar surface area (TPSA) is 28.4 Å². The fraction of sp³-hybridized carbons (Fsp3) is 0.375. The lowest BCUT2D eigenvalue weighted by Crippen LogP contribution is -2.22. The minimum atomic E-state index is 0.247. The molecule has 0 aliphatic heterocycles. The molecule has 0 aliphatic carbocycles. The summed E-state index contributed by atoms with van der Waals surface area (Å²) in [6, 6.07) is 10.4. The summed E-state index contributed by atoms with van der Waals surface area (Å²) in [5.41, 5.74) is 2.23. The minimum absolute atomic E-state index is 0.247. The molecule has 1 unspecified atom stereocenters. The van der Waals surface area contributed by atoms with E-state index in [-0.39, 0.29) is 6.04 Å². The zero-order valence-electron chi connectivity index (χ0n) is 12.2. The first-order valence-corrected chi connectivity index (χ1v) is 7.27. The van der Waals surface area contributed by atoms with E-state index in [9.17, 15) is 0 Å². The second kappa shape index (κ2) is 6.82. The van der Waals surface area contributed by atoms with Gasteiger partial charge in [-0.1, -0.05) is 17.7 Å². The molecule has 20 heavy (non-hydrogen) atoms. The normalized spacial score (nSPS) is 12.4. The van der Waals surface area contributed by atoms with Gasteiger partial charge in [0.05, 0.1) is 12.8 Å². The predicted molar refractivity (Wildman–Crippen MR) is 84.4 cm³/mol. The van der Waals surface area contributed by atoms with Crippen molar-refractivity contribution in [3.8, 4) is 0 Å². The summed E-state index contributed by atoms with van der Waals surface area (Å²) in [6.07, 6.45) is 1.70. The van der Waals surface area contributed by atoms with Crippen molar-refractivity contribution in [1.82, 2.24) is 5.32 Å². The van der Waals surface area contributed by atoms with E-state index in [1.807, 2.05) is 25.2 Å². The van der Waals surface area contributed by atoms with E-state index in [0.717, 1.165) is 35.1 Å². The smallest absolute Gasteiger partial charge is 0.123 e. The van der Waals surface area contributed by atoms with Gasteiger partial charge in [0.15, 0.2) is 0 Å². The Morgan fingerprint density at radius 3 is 2.70 bits per heavy atom. The van der Waals surface area contributed by atoms with E-state index in [1.165, 1.54) is 0 Å². The summed E-state index contributed by atoms with van der Waals surface area (Å²) in [5, 5.41) is 4.00. The third-order valence-corrected chi connectivity index (χ3v) is 3.88. The molecule has 0 spiro atoms. The summed E-state index contributed by atoms with van der Waals surface area (Å²) in [5.74, 6) is 0.954. The highest BCUT2D eigenvalue weighted by atomic mass is 35.5. The van der Waals surface area contributed by atoms with Crippen LogP contribution in [0.4, 0.5) is 5.69 Å². The first kappa shape index (κ1) is 14.9. The summed E-state index contributed by atoms with van der Waals surface area (Å²) in [7, 11) is 1.93. The second-order valence-corrected chi connectivity index (χ2v) is 5.22. The third-order valence-electron chi connectivity index (χ3n) is 3.56. The van der Waals surface area contributed by atoms with Crippen LogP contribution in [0.5, 0.6) is 0 Å². The molecule has 3 nitrogen and oxygen atoms in total. The van der Waals surface area contributed by atoms with Crippen LogP contribution in [0.1, 0.15) is 31.2 Å². The molecule has 0 saturated carbocycles. The van der Waals surface area contributed by atoms with Crippen LogP contribution >= 0.6 is 11.6 Å². The van der Waals surface area contributed by atoms with Crippen LogP contribution < -0.4 is 10.2 Å². The molecule has 1 aromatic heterocycles. The van der Waals surface area contributed by atoms with Crippen LogP contribution in [0.25, 0.3) is 0 Å². The maximum atomic E-state index is 6.40. The molecule has 4 heteroatoms. The maximum Gasteiger partial charge on any atom is 0.123 e. The number of halogens is 1. The molecule has 1 N–H and O–H groups in total. The van der Waals surface area contributed by atoms with Gasteiger partial charge in [0, 0.05) is 23.3 Å². The molecule has 0 radical (unpaired) electrons. The van der Waals surface area contributed by atoms with Crippen LogP contribution in [0.15, 0.2) is 41.0 Å². The van der Waals surface area contributed by atoms with Crippen molar-refractivity contribution in [3.05, 3.63) is 52.9 Å². The Labute approximate surface area is 125 Å². The van der Waals surface area contributed by atoms with Crippen LogP contribution in [0.3, 0.4) is 0 Å². The van der Waals surface area contributed by atoms with Crippen molar-refractivity contribution < 1.29 is 4.42 Å². The molecular weight excluding hydrogens is 272 g/mol. The number of nitrogens with one attached hydrogen (secondary N) is 1. The molecule has 0 amide bonds. The summed E-state index contributed by atoms with van der Waals surface area (Å²) < 4.78 is 5.41. The number of rotatable bonds is 6. The molecule has 2 aromatic rings. The Hall–Kier alpha value is -1.45. The zero-order chi connectivity index (χ0) is 14.5. The van der Waals surface area contributed by atoms with Crippen molar-refractivity contribution in [1.29, 1.82) is 0 Å². The largest absolute Gasteiger partial charge is 0.467 e. The van der Waals surface area contributed by atoms with Gasteiger partial charge >= 0.3 is 0 Å². The number of nitrogens with zero attached hydrogens (tertiary/aromatic N) is 1. The lowest BCUT2D eigenvalue weighted by Gasteiger charge is -2.23. The number of anilines is 1. The van der Waals surface area contributed by atoms with Crippen LogP contribution in [0.2, 0.25) is 5.02 Å². The summed E-state index contributed by atoms with van der Waals surface area (Å²) in [6.45, 7) is 5.88. The van der Waals surface area contributed by atoms with Crippen LogP contribution in [-0.4, -0.2) is 13.6 Å². The Balaban J connectivity index is 2.20. The van der Waals surface area contributed by atoms with Gasteiger partial charge < -0.3 is 14.6 Å². The number of benzene rings is 1. The number of furan rings is 1. The van der Waals surface area contributed by atoms with E-state index in [2.05, 4.69) is 36.2 Å². The molecule has 1 heterocycles. The van der Waals surface area contributed by atoms with Crippen molar-refractivity contribution in [2.75, 3.05) is 18.5 Å². The molecule has 0 fully saturated rings. The Kier molecular flexibility index (Phi) is 5.10. The predicted octanol–water partition coefficient (Wildman–Crippen LogP) is 4.24. The number of hydrogen-bond acceptors (Lipinski definition) is 3. The molecule has 0 bridgehead atoms. The summed E-state index contributed by atoms with van der Waals surface area (Å²) in [4.78, 5) is 2.23. The van der Waals surface area contributed by atoms with Crippen molar-refractivity contribution >= 4 is 17.3 Å². The first-order chi connectivity index (χ1) is 9.65. The quantitative estimate of drug-likeness (QED) is 0.863. The van der Waals surface area contributed by atoms with Gasteiger partial charge in [-0.2, -0.15) is 0 Å². The average molecular weight is 293 g/mol. The second-order valence-electron chi connectivity index (χ2n) is 4.81. The fourth-order valence-electron chi connectivity index (χ4n) is 2.20. The average Bonchev–Trinajstić information content (AvgIpc) is 2.96. The van der Waals surface area contributed by atoms with Gasteiger partial charge in [-0.25, -0.2) is 0 Å². The fourth-order valence-corrected chi connectivity index (χ4v) is 2.53. The molecule has 108 valence electrons. The lowest BCUT2D eigenvalue weighted by molar-refractivity contribution is 0.503. The van der Waals surface area contributed by atoms with Gasteiger partial charge in [0.1, 0.15) is 5.76 Å². The van der Waals surface area contributed by atoms with Gasteiger partial charge in [0.2, 0.25) is 0 Å². The van der Waals surface area contributed by atoms with Gasteiger partial charge in [-0.3, -0.25) is 0 Å². The lowest BCUT2D eigenvalue weighted by atomic mass is 10.1. The van der Waals surface area contributed by atoms with Crippen LogP contribution in [-0.2, 0) is 6.54 Å². The molecule has 0 saturated heterocycles. The van der Waals surface area contributed by atoms with E-state index in [1.54, 1.807) is 6.26 Å². The summed E-state index contributed by atoms with van der Waals surface area (Å²) >= 11 is 6.40. The molecule has 1 aromatic carbocycles. The van der Waals surface area contributed by atoms with Gasteiger partial charge in [-0.05, 0) is 50.7 Å². The number of hydrogen-bond donors (Lipinski definition) is 1. The van der Waals surface area contributed by atoms with E-state index >= 15 is 0 Å². The highest BCUT2D eigenvalue weighted by Crippen LogP contribution is 2.28. The standard InChI is InChI=1S/C16H21ClN2O/c1-4-19(11-14-6-5-9-20-14)13-7-8-15(12(2)18-3)16(17)10-13/h5-10,12,18H,4,11H2,1-3H3. The molecular formula is C16H21ClN2O. The van der Waals surface area contributed by atoms with Crippen LogP contribution in [0, 0.1) is 0 Å². The highest BCUT2D eigenvalue weighted by Gasteiger charge is 2.12. The zero-order valence-corrected chi connectivity index (χ0v) is 12.9. The van der Waals surface area contributed by atoms with Crippen molar-refractivity contribution in [2.45, 2.75) is 26.4 Å². The Bertz CT molecular complexity index is 539. The third kappa shape index (κ3) is 3.35. The van der Waals surface area contributed by atoms with Gasteiger partial charge in [-0.15, -0.1) is 0 Å². The molecule has 2 rings (SSSR count). The maximum absolute atomic E-state index is 6.40.